The van der Waals surface area contributed by atoms with Crippen LogP contribution in [-0.4, -0.2) is 57.4 Å². The van der Waals surface area contributed by atoms with Gasteiger partial charge in [0, 0.05) is 40.3 Å². The number of Topliss-reactive ketones (excluding diaryl/α,β-unsaturated/α-hetero) is 1. The van der Waals surface area contributed by atoms with Crippen molar-refractivity contribution < 1.29 is 13.6 Å². The largest absolute Gasteiger partial charge is 0.384 e. The van der Waals surface area contributed by atoms with Gasteiger partial charge in [0.05, 0.1) is 12.6 Å². The minimum Gasteiger partial charge on any atom is -0.384 e. The van der Waals surface area contributed by atoms with Crippen molar-refractivity contribution in [2.24, 2.45) is 14.1 Å². The van der Waals surface area contributed by atoms with Crippen molar-refractivity contribution in [2.75, 3.05) is 38.5 Å². The predicted molar refractivity (Wildman–Crippen MR) is 128 cm³/mol. The van der Waals surface area contributed by atoms with Gasteiger partial charge in [0.15, 0.2) is 5.78 Å². The van der Waals surface area contributed by atoms with Crippen molar-refractivity contribution in [3.63, 3.8) is 0 Å². The molecule has 0 bridgehead atoms. The Bertz CT molecular complexity index is 1300. The van der Waals surface area contributed by atoms with E-state index in [4.69, 9.17) is 5.73 Å². The zero-order valence-electron chi connectivity index (χ0n) is 19.6. The van der Waals surface area contributed by atoms with Crippen LogP contribution in [-0.2, 0) is 14.1 Å². The number of carbonyl (C=O) groups excluding carboxylic acids is 1. The van der Waals surface area contributed by atoms with Crippen molar-refractivity contribution in [1.29, 1.82) is 0 Å². The molecule has 2 heterocycles. The molecule has 4 rings (SSSR count). The molecule has 8 nitrogen and oxygen atoms in total. The van der Waals surface area contributed by atoms with Crippen molar-refractivity contribution in [3.8, 4) is 0 Å². The van der Waals surface area contributed by atoms with Gasteiger partial charge in [-0.2, -0.15) is 0 Å². The monoisotopic (exact) mass is 483 g/mol. The normalized spacial score (nSPS) is 15.0. The highest BCUT2D eigenvalue weighted by molar-refractivity contribution is 6.01. The maximum Gasteiger partial charge on any atom is 0.332 e. The molecule has 2 N–H and O–H groups in total. The Morgan fingerprint density at radius 2 is 1.34 bits per heavy atom. The number of anilines is 1. The number of nitrogens with zero attached hydrogens (tertiary/aromatic N) is 4. The molecule has 0 saturated carbocycles. The van der Waals surface area contributed by atoms with Crippen LogP contribution in [0.4, 0.5) is 14.6 Å². The number of hydrogen-bond acceptors (Lipinski definition) is 6. The van der Waals surface area contributed by atoms with E-state index in [2.05, 4.69) is 4.90 Å². The first kappa shape index (κ1) is 24.5. The Morgan fingerprint density at radius 3 is 1.83 bits per heavy atom. The first-order valence-corrected chi connectivity index (χ1v) is 11.2. The van der Waals surface area contributed by atoms with Gasteiger partial charge in [-0.3, -0.25) is 28.5 Å². The maximum atomic E-state index is 13.5. The molecule has 184 valence electrons. The third-order valence-electron chi connectivity index (χ3n) is 6.50. The quantitative estimate of drug-likeness (QED) is 0.535. The van der Waals surface area contributed by atoms with Crippen LogP contribution in [0.2, 0.25) is 0 Å². The first-order valence-electron chi connectivity index (χ1n) is 11.2. The molecule has 35 heavy (non-hydrogen) atoms. The smallest absolute Gasteiger partial charge is 0.332 e. The van der Waals surface area contributed by atoms with E-state index in [9.17, 15) is 23.2 Å². The molecule has 1 aliphatic rings. The molecule has 0 aliphatic carbocycles. The summed E-state index contributed by atoms with van der Waals surface area (Å²) in [5, 5.41) is 0. The molecule has 0 unspecified atom stereocenters. The van der Waals surface area contributed by atoms with E-state index in [0.717, 1.165) is 20.3 Å². The number of halogens is 2. The van der Waals surface area contributed by atoms with Crippen molar-refractivity contribution in [3.05, 3.63) is 97.7 Å². The lowest BCUT2D eigenvalue weighted by Crippen LogP contribution is -2.50. The second kappa shape index (κ2) is 9.93. The Kier molecular flexibility index (Phi) is 6.95. The fraction of sp³-hybridized carbons (Fsp3) is 0.320. The van der Waals surface area contributed by atoms with Crippen molar-refractivity contribution in [1.82, 2.24) is 18.9 Å². The molecule has 3 aromatic rings. The van der Waals surface area contributed by atoms with E-state index in [1.165, 1.54) is 38.4 Å². The van der Waals surface area contributed by atoms with Crippen molar-refractivity contribution >= 4 is 11.6 Å². The van der Waals surface area contributed by atoms with Crippen molar-refractivity contribution in [2.45, 2.75) is 6.04 Å². The topological polar surface area (TPSA) is 93.6 Å². The highest BCUT2D eigenvalue weighted by atomic mass is 19.1. The van der Waals surface area contributed by atoms with Crippen LogP contribution in [0, 0.1) is 11.6 Å². The standard InChI is InChI=1S/C25H27F2N5O3/c1-29-23(28)21(24(34)30(2)25(29)35)20(33)15-31-11-13-32(14-12-31)22(16-3-7-18(26)8-4-16)17-5-9-19(27)10-6-17/h3-10,22H,11-15,28H2,1-2H3. The lowest BCUT2D eigenvalue weighted by Gasteiger charge is -2.39. The Morgan fingerprint density at radius 1 is 0.857 bits per heavy atom. The van der Waals surface area contributed by atoms with E-state index in [1.54, 1.807) is 24.3 Å². The summed E-state index contributed by atoms with van der Waals surface area (Å²) in [6.07, 6.45) is 0. The Labute approximate surface area is 200 Å². The van der Waals surface area contributed by atoms with E-state index < -0.39 is 17.0 Å². The zero-order chi connectivity index (χ0) is 25.3. The van der Waals surface area contributed by atoms with Gasteiger partial charge >= 0.3 is 5.69 Å². The fourth-order valence-corrected chi connectivity index (χ4v) is 4.49. The molecular formula is C25H27F2N5O3. The summed E-state index contributed by atoms with van der Waals surface area (Å²) in [6, 6.07) is 12.3. The molecule has 10 heteroatoms. The molecular weight excluding hydrogens is 456 g/mol. The number of rotatable bonds is 6. The minimum atomic E-state index is -0.707. The number of nitrogen functional groups attached to an aromatic ring is 1. The lowest BCUT2D eigenvalue weighted by molar-refractivity contribution is 0.0806. The van der Waals surface area contributed by atoms with Crippen LogP contribution in [0.15, 0.2) is 58.1 Å². The van der Waals surface area contributed by atoms with Crippen LogP contribution >= 0.6 is 0 Å². The van der Waals surface area contributed by atoms with Gasteiger partial charge in [0.1, 0.15) is 23.0 Å². The number of piperazine rings is 1. The second-order valence-corrected chi connectivity index (χ2v) is 8.71. The average Bonchev–Trinajstić information content (AvgIpc) is 2.85. The summed E-state index contributed by atoms with van der Waals surface area (Å²) in [7, 11) is 2.72. The van der Waals surface area contributed by atoms with Gasteiger partial charge in [0.25, 0.3) is 5.56 Å². The summed E-state index contributed by atoms with van der Waals surface area (Å²) >= 11 is 0. The highest BCUT2D eigenvalue weighted by Gasteiger charge is 2.29. The van der Waals surface area contributed by atoms with Gasteiger partial charge in [-0.05, 0) is 35.4 Å². The molecule has 0 spiro atoms. The number of aromatic nitrogens is 2. The van der Waals surface area contributed by atoms with E-state index >= 15 is 0 Å². The molecule has 0 amide bonds. The number of nitrogens with two attached hydrogens (primary N) is 1. The van der Waals surface area contributed by atoms with Crippen LogP contribution in [0.1, 0.15) is 27.5 Å². The third kappa shape index (κ3) is 4.94. The molecule has 1 aromatic heterocycles. The summed E-state index contributed by atoms with van der Waals surface area (Å²) in [5.41, 5.74) is 6.19. The van der Waals surface area contributed by atoms with E-state index in [-0.39, 0.29) is 35.6 Å². The van der Waals surface area contributed by atoms with E-state index in [0.29, 0.717) is 26.2 Å². The summed E-state index contributed by atoms with van der Waals surface area (Å²) in [6.45, 7) is 2.25. The summed E-state index contributed by atoms with van der Waals surface area (Å²) < 4.78 is 29.0. The lowest BCUT2D eigenvalue weighted by atomic mass is 9.96. The first-order chi connectivity index (χ1) is 16.7. The fourth-order valence-electron chi connectivity index (χ4n) is 4.49. The van der Waals surface area contributed by atoms with E-state index in [1.807, 2.05) is 4.90 Å². The SMILES string of the molecule is Cn1c(N)c(C(=O)CN2CCN(C(c3ccc(F)cc3)c3ccc(F)cc3)CC2)c(=O)n(C)c1=O. The molecule has 1 saturated heterocycles. The van der Waals surface area contributed by atoms with Crippen LogP contribution in [0.25, 0.3) is 0 Å². The molecule has 1 aliphatic heterocycles. The molecule has 1 fully saturated rings. The maximum absolute atomic E-state index is 13.5. The van der Waals surface area contributed by atoms with Gasteiger partial charge in [-0.1, -0.05) is 24.3 Å². The average molecular weight is 484 g/mol. The van der Waals surface area contributed by atoms with Crippen LogP contribution in [0.5, 0.6) is 0 Å². The van der Waals surface area contributed by atoms with Crippen LogP contribution < -0.4 is 17.0 Å². The van der Waals surface area contributed by atoms with Crippen LogP contribution in [0.3, 0.4) is 0 Å². The summed E-state index contributed by atoms with van der Waals surface area (Å²) in [5.74, 6) is -1.26. The zero-order valence-corrected chi connectivity index (χ0v) is 19.6. The number of benzene rings is 2. The predicted octanol–water partition coefficient (Wildman–Crippen LogP) is 1.53. The number of hydrogen-bond donors (Lipinski definition) is 1. The Hall–Kier alpha value is -3.63. The number of ketones is 1. The molecule has 0 radical (unpaired) electrons. The number of carbonyl (C=O) groups is 1. The highest BCUT2D eigenvalue weighted by Crippen LogP contribution is 2.30. The third-order valence-corrected chi connectivity index (χ3v) is 6.50. The Balaban J connectivity index is 1.51. The van der Waals surface area contributed by atoms with Gasteiger partial charge in [0.2, 0.25) is 0 Å². The minimum absolute atomic E-state index is 0.0107. The van der Waals surface area contributed by atoms with Gasteiger partial charge < -0.3 is 5.73 Å². The molecule has 0 atom stereocenters. The summed E-state index contributed by atoms with van der Waals surface area (Å²) in [4.78, 5) is 41.6. The van der Waals surface area contributed by atoms with Gasteiger partial charge in [-0.25, -0.2) is 13.6 Å². The second-order valence-electron chi connectivity index (χ2n) is 8.71. The van der Waals surface area contributed by atoms with Gasteiger partial charge in [-0.15, -0.1) is 0 Å². The molecule has 2 aromatic carbocycles.